The third kappa shape index (κ3) is 3.05. The van der Waals surface area contributed by atoms with Crippen LogP contribution in [0.25, 0.3) is 0 Å². The Kier molecular flexibility index (Phi) is 3.50. The van der Waals surface area contributed by atoms with Gasteiger partial charge in [-0.3, -0.25) is 5.32 Å². The van der Waals surface area contributed by atoms with E-state index in [4.69, 9.17) is 0 Å². The molecule has 1 fully saturated rings. The monoisotopic (exact) mass is 248 g/mol. The Hall–Kier alpha value is -0.930. The predicted octanol–water partition coefficient (Wildman–Crippen LogP) is 3.36. The fourth-order valence-corrected chi connectivity index (χ4v) is 3.05. The fourth-order valence-electron chi connectivity index (χ4n) is 1.96. The minimum Gasteiger partial charge on any atom is -0.358 e. The molecule has 0 amide bonds. The van der Waals surface area contributed by atoms with Crippen LogP contribution in [0.3, 0.4) is 0 Å². The van der Waals surface area contributed by atoms with Crippen LogP contribution < -0.4 is 10.6 Å². The minimum atomic E-state index is 0.154. The number of aryl methyl sites for hydroxylation is 1. The smallest absolute Gasteiger partial charge is 0.0594 e. The topological polar surface area (TPSA) is 24.1 Å². The number of rotatable bonds is 3. The Morgan fingerprint density at radius 1 is 1.47 bits per heavy atom. The van der Waals surface area contributed by atoms with Gasteiger partial charge in [0.1, 0.15) is 0 Å². The lowest BCUT2D eigenvalue weighted by molar-refractivity contribution is 0.532. The van der Waals surface area contributed by atoms with Gasteiger partial charge in [0.2, 0.25) is 0 Å². The second-order valence-electron chi connectivity index (χ2n) is 4.98. The molecule has 2 nitrogen and oxygen atoms in total. The Balaban J connectivity index is 2.01. The van der Waals surface area contributed by atoms with Gasteiger partial charge in [-0.05, 0) is 32.4 Å². The number of nitrogens with one attached hydrogen (secondary N) is 2. The maximum Gasteiger partial charge on any atom is 0.0594 e. The lowest BCUT2D eigenvalue weighted by Gasteiger charge is -2.21. The van der Waals surface area contributed by atoms with Crippen molar-refractivity contribution in [3.05, 3.63) is 42.1 Å². The molecule has 1 saturated heterocycles. The van der Waals surface area contributed by atoms with Crippen molar-refractivity contribution in [2.45, 2.75) is 31.7 Å². The van der Waals surface area contributed by atoms with Gasteiger partial charge in [0, 0.05) is 17.1 Å². The Bertz CT molecular complexity index is 426. The van der Waals surface area contributed by atoms with Crippen LogP contribution in [0.5, 0.6) is 0 Å². The van der Waals surface area contributed by atoms with Crippen LogP contribution in [-0.2, 0) is 0 Å². The van der Waals surface area contributed by atoms with Crippen molar-refractivity contribution in [2.24, 2.45) is 0 Å². The summed E-state index contributed by atoms with van der Waals surface area (Å²) in [6.07, 6.45) is 0. The van der Waals surface area contributed by atoms with E-state index in [1.54, 1.807) is 0 Å². The van der Waals surface area contributed by atoms with Crippen LogP contribution in [0.15, 0.2) is 36.5 Å². The molecule has 92 valence electrons. The molecule has 2 N–H and O–H groups in total. The zero-order valence-electron chi connectivity index (χ0n) is 10.7. The van der Waals surface area contributed by atoms with Crippen molar-refractivity contribution in [3.63, 3.8) is 0 Å². The van der Waals surface area contributed by atoms with Gasteiger partial charge in [-0.25, -0.2) is 0 Å². The second kappa shape index (κ2) is 4.75. The van der Waals surface area contributed by atoms with Crippen molar-refractivity contribution < 1.29 is 0 Å². The van der Waals surface area contributed by atoms with Crippen molar-refractivity contribution in [3.8, 4) is 0 Å². The maximum atomic E-state index is 4.15. The summed E-state index contributed by atoms with van der Waals surface area (Å²) in [4.78, 5) is 0.154. The number of para-hydroxylation sites is 1. The summed E-state index contributed by atoms with van der Waals surface area (Å²) in [6, 6.07) is 8.64. The first-order chi connectivity index (χ1) is 7.98. The van der Waals surface area contributed by atoms with E-state index in [0.717, 1.165) is 17.1 Å². The van der Waals surface area contributed by atoms with E-state index >= 15 is 0 Å². The summed E-state index contributed by atoms with van der Waals surface area (Å²) in [7, 11) is 0. The first-order valence-electron chi connectivity index (χ1n) is 5.91. The van der Waals surface area contributed by atoms with E-state index in [0.29, 0.717) is 6.04 Å². The SMILES string of the molecule is C=C(Nc1ccccc1C)[C@@H]1CSC(C)(C)N1. The molecule has 0 saturated carbocycles. The van der Waals surface area contributed by atoms with Crippen molar-refractivity contribution in [1.29, 1.82) is 0 Å². The molecule has 1 aliphatic heterocycles. The molecule has 0 radical (unpaired) electrons. The van der Waals surface area contributed by atoms with Crippen LogP contribution in [0.4, 0.5) is 5.69 Å². The Labute approximate surface area is 108 Å². The van der Waals surface area contributed by atoms with E-state index in [-0.39, 0.29) is 4.87 Å². The lowest BCUT2D eigenvalue weighted by Crippen LogP contribution is -2.38. The summed E-state index contributed by atoms with van der Waals surface area (Å²) in [5.41, 5.74) is 3.45. The Morgan fingerprint density at radius 3 is 2.76 bits per heavy atom. The number of benzene rings is 1. The molecule has 0 spiro atoms. The Morgan fingerprint density at radius 2 is 2.18 bits per heavy atom. The van der Waals surface area contributed by atoms with E-state index in [2.05, 4.69) is 56.2 Å². The highest BCUT2D eigenvalue weighted by Crippen LogP contribution is 2.31. The van der Waals surface area contributed by atoms with Gasteiger partial charge in [0.25, 0.3) is 0 Å². The highest BCUT2D eigenvalue weighted by molar-refractivity contribution is 8.00. The molecule has 3 heteroatoms. The van der Waals surface area contributed by atoms with Gasteiger partial charge >= 0.3 is 0 Å². The highest BCUT2D eigenvalue weighted by atomic mass is 32.2. The number of thioether (sulfide) groups is 1. The van der Waals surface area contributed by atoms with Gasteiger partial charge in [-0.1, -0.05) is 24.8 Å². The van der Waals surface area contributed by atoms with Crippen molar-refractivity contribution >= 4 is 17.4 Å². The molecule has 1 aromatic carbocycles. The van der Waals surface area contributed by atoms with Gasteiger partial charge in [-0.15, -0.1) is 11.8 Å². The summed E-state index contributed by atoms with van der Waals surface area (Å²) in [5, 5.41) is 6.99. The first-order valence-corrected chi connectivity index (χ1v) is 6.89. The summed E-state index contributed by atoms with van der Waals surface area (Å²) >= 11 is 1.94. The number of hydrogen-bond donors (Lipinski definition) is 2. The molecular formula is C14H20N2S. The normalized spacial score (nSPS) is 22.4. The molecule has 0 aromatic heterocycles. The molecule has 0 unspecified atom stereocenters. The average molecular weight is 248 g/mol. The van der Waals surface area contributed by atoms with Crippen molar-refractivity contribution in [2.75, 3.05) is 11.1 Å². The van der Waals surface area contributed by atoms with Gasteiger partial charge in [-0.2, -0.15) is 0 Å². The molecule has 17 heavy (non-hydrogen) atoms. The number of anilines is 1. The minimum absolute atomic E-state index is 0.154. The van der Waals surface area contributed by atoms with Gasteiger partial charge in [0.05, 0.1) is 10.9 Å². The average Bonchev–Trinajstić information content (AvgIpc) is 2.62. The fraction of sp³-hybridized carbons (Fsp3) is 0.429. The molecule has 2 rings (SSSR count). The summed E-state index contributed by atoms with van der Waals surface area (Å²) in [6.45, 7) is 10.7. The molecular weight excluding hydrogens is 228 g/mol. The predicted molar refractivity (Wildman–Crippen MR) is 77.4 cm³/mol. The first kappa shape index (κ1) is 12.5. The molecule has 0 aliphatic carbocycles. The van der Waals surface area contributed by atoms with Gasteiger partial charge < -0.3 is 5.32 Å². The summed E-state index contributed by atoms with van der Waals surface area (Å²) in [5.74, 6) is 1.07. The molecule has 1 atom stereocenters. The van der Waals surface area contributed by atoms with Crippen LogP contribution in [0, 0.1) is 6.92 Å². The van der Waals surface area contributed by atoms with E-state index in [1.807, 2.05) is 17.8 Å². The molecule has 1 aromatic rings. The van der Waals surface area contributed by atoms with E-state index in [1.165, 1.54) is 5.56 Å². The third-order valence-corrected chi connectivity index (χ3v) is 4.33. The van der Waals surface area contributed by atoms with Crippen LogP contribution >= 0.6 is 11.8 Å². The van der Waals surface area contributed by atoms with E-state index in [9.17, 15) is 0 Å². The standard InChI is InChI=1S/C14H20N2S/c1-10-7-5-6-8-12(10)15-11(2)13-9-17-14(3,4)16-13/h5-8,13,15-16H,2,9H2,1,3-4H3/t13-/m0/s1. The second-order valence-corrected chi connectivity index (χ2v) is 6.63. The molecule has 0 bridgehead atoms. The third-order valence-electron chi connectivity index (χ3n) is 2.99. The maximum absolute atomic E-state index is 4.15. The van der Waals surface area contributed by atoms with Gasteiger partial charge in [0.15, 0.2) is 0 Å². The zero-order valence-corrected chi connectivity index (χ0v) is 11.5. The molecule has 1 heterocycles. The van der Waals surface area contributed by atoms with Crippen LogP contribution in [0.2, 0.25) is 0 Å². The lowest BCUT2D eigenvalue weighted by atomic mass is 10.1. The number of hydrogen-bond acceptors (Lipinski definition) is 3. The quantitative estimate of drug-likeness (QED) is 0.857. The van der Waals surface area contributed by atoms with Crippen LogP contribution in [-0.4, -0.2) is 16.7 Å². The largest absolute Gasteiger partial charge is 0.358 e. The van der Waals surface area contributed by atoms with Crippen molar-refractivity contribution in [1.82, 2.24) is 5.32 Å². The van der Waals surface area contributed by atoms with E-state index < -0.39 is 0 Å². The van der Waals surface area contributed by atoms with Crippen LogP contribution in [0.1, 0.15) is 19.4 Å². The summed E-state index contributed by atoms with van der Waals surface area (Å²) < 4.78 is 0. The highest BCUT2D eigenvalue weighted by Gasteiger charge is 2.32. The molecule has 1 aliphatic rings. The zero-order chi connectivity index (χ0) is 12.5.